The normalized spacial score (nSPS) is 11.6. The van der Waals surface area contributed by atoms with Crippen molar-refractivity contribution >= 4 is 11.6 Å². The molecule has 0 aliphatic carbocycles. The molecule has 25 heavy (non-hydrogen) atoms. The van der Waals surface area contributed by atoms with Gasteiger partial charge in [0.2, 0.25) is 5.91 Å². The maximum Gasteiger partial charge on any atom is 0.416 e. The second-order valence-corrected chi connectivity index (χ2v) is 6.01. The van der Waals surface area contributed by atoms with Crippen molar-refractivity contribution in [1.82, 2.24) is 0 Å². The van der Waals surface area contributed by atoms with Gasteiger partial charge in [-0.3, -0.25) is 4.79 Å². The average Bonchev–Trinajstić information content (AvgIpc) is 2.55. The molecule has 1 amide bonds. The number of nitrogens with one attached hydrogen (secondary N) is 1. The van der Waals surface area contributed by atoms with Crippen LogP contribution in [0.5, 0.6) is 0 Å². The molecule has 3 nitrogen and oxygen atoms in total. The molecule has 0 saturated carbocycles. The lowest BCUT2D eigenvalue weighted by molar-refractivity contribution is -0.137. The van der Waals surface area contributed by atoms with E-state index < -0.39 is 11.7 Å². The van der Waals surface area contributed by atoms with Gasteiger partial charge in [0, 0.05) is 5.69 Å². The number of alkyl halides is 3. The fourth-order valence-electron chi connectivity index (χ4n) is 2.20. The van der Waals surface area contributed by atoms with Crippen LogP contribution in [0.2, 0.25) is 0 Å². The Balaban J connectivity index is 1.78. The van der Waals surface area contributed by atoms with Gasteiger partial charge in [-0.2, -0.15) is 13.2 Å². The first kappa shape index (κ1) is 19.0. The number of ether oxygens (including phenoxy) is 1. The lowest BCUT2D eigenvalue weighted by atomic mass is 10.0. The van der Waals surface area contributed by atoms with Crippen molar-refractivity contribution in [3.63, 3.8) is 0 Å². The molecule has 134 valence electrons. The van der Waals surface area contributed by atoms with Crippen LogP contribution >= 0.6 is 0 Å². The van der Waals surface area contributed by atoms with Crippen molar-refractivity contribution < 1.29 is 22.7 Å². The summed E-state index contributed by atoms with van der Waals surface area (Å²) in [4.78, 5) is 11.8. The maximum absolute atomic E-state index is 12.5. The lowest BCUT2D eigenvalue weighted by Gasteiger charge is -2.10. The molecule has 0 saturated heterocycles. The van der Waals surface area contributed by atoms with Crippen molar-refractivity contribution in [2.24, 2.45) is 0 Å². The maximum atomic E-state index is 12.5. The lowest BCUT2D eigenvalue weighted by Crippen LogP contribution is -2.18. The predicted molar refractivity (Wildman–Crippen MR) is 90.3 cm³/mol. The average molecular weight is 351 g/mol. The van der Waals surface area contributed by atoms with Crippen molar-refractivity contribution in [1.29, 1.82) is 0 Å². The molecule has 0 aliphatic rings. The third kappa shape index (κ3) is 5.90. The van der Waals surface area contributed by atoms with Crippen LogP contribution in [0.15, 0.2) is 48.5 Å². The second-order valence-electron chi connectivity index (χ2n) is 6.01. The summed E-state index contributed by atoms with van der Waals surface area (Å²) in [7, 11) is 0. The van der Waals surface area contributed by atoms with Crippen LogP contribution in [0.25, 0.3) is 0 Å². The highest BCUT2D eigenvalue weighted by atomic mass is 19.4. The highest BCUT2D eigenvalue weighted by molar-refractivity contribution is 5.91. The molecule has 0 atom stereocenters. The van der Waals surface area contributed by atoms with E-state index in [4.69, 9.17) is 4.74 Å². The summed E-state index contributed by atoms with van der Waals surface area (Å²) in [6.45, 7) is 4.07. The fraction of sp³-hybridized carbons (Fsp3) is 0.316. The molecule has 0 heterocycles. The summed E-state index contributed by atoms with van der Waals surface area (Å²) >= 11 is 0. The quantitative estimate of drug-likeness (QED) is 0.797. The fourth-order valence-corrected chi connectivity index (χ4v) is 2.20. The van der Waals surface area contributed by atoms with Gasteiger partial charge in [0.15, 0.2) is 0 Å². The first-order chi connectivity index (χ1) is 11.8. The minimum atomic E-state index is -4.36. The van der Waals surface area contributed by atoms with Crippen molar-refractivity contribution in [2.45, 2.75) is 32.5 Å². The van der Waals surface area contributed by atoms with Crippen molar-refractivity contribution in [3.05, 3.63) is 65.2 Å². The van der Waals surface area contributed by atoms with Gasteiger partial charge in [-0.15, -0.1) is 0 Å². The van der Waals surface area contributed by atoms with Gasteiger partial charge < -0.3 is 10.1 Å². The summed E-state index contributed by atoms with van der Waals surface area (Å²) in [6.07, 6.45) is -4.36. The number of rotatable bonds is 6. The SMILES string of the molecule is CC(C)c1ccc(NC(=O)COCc2ccc(C(F)(F)F)cc2)cc1. The van der Waals surface area contributed by atoms with E-state index >= 15 is 0 Å². The highest BCUT2D eigenvalue weighted by Crippen LogP contribution is 2.29. The number of hydrogen-bond acceptors (Lipinski definition) is 2. The number of benzene rings is 2. The summed E-state index contributed by atoms with van der Waals surface area (Å²) in [5, 5.41) is 2.71. The van der Waals surface area contributed by atoms with Crippen LogP contribution in [-0.2, 0) is 22.3 Å². The van der Waals surface area contributed by atoms with Crippen LogP contribution in [0.3, 0.4) is 0 Å². The Morgan fingerprint density at radius 2 is 1.64 bits per heavy atom. The minimum Gasteiger partial charge on any atom is -0.367 e. The Morgan fingerprint density at radius 1 is 1.04 bits per heavy atom. The molecule has 0 aromatic heterocycles. The van der Waals surface area contributed by atoms with Gasteiger partial charge >= 0.3 is 6.18 Å². The highest BCUT2D eigenvalue weighted by Gasteiger charge is 2.29. The Kier molecular flexibility index (Phi) is 6.20. The van der Waals surface area contributed by atoms with E-state index in [0.29, 0.717) is 17.2 Å². The van der Waals surface area contributed by atoms with Crippen LogP contribution in [-0.4, -0.2) is 12.5 Å². The zero-order valence-corrected chi connectivity index (χ0v) is 14.1. The number of carbonyl (C=O) groups is 1. The van der Waals surface area contributed by atoms with Gasteiger partial charge in [-0.25, -0.2) is 0 Å². The van der Waals surface area contributed by atoms with Crippen molar-refractivity contribution in [3.8, 4) is 0 Å². The smallest absolute Gasteiger partial charge is 0.367 e. The summed E-state index contributed by atoms with van der Waals surface area (Å²) in [5.41, 5.74) is 1.71. The molecule has 6 heteroatoms. The van der Waals surface area contributed by atoms with Gasteiger partial charge in [0.05, 0.1) is 12.2 Å². The molecule has 1 N–H and O–H groups in total. The number of hydrogen-bond donors (Lipinski definition) is 1. The molecule has 0 radical (unpaired) electrons. The number of amides is 1. The second kappa shape index (κ2) is 8.16. The van der Waals surface area contributed by atoms with Crippen LogP contribution in [0.4, 0.5) is 18.9 Å². The van der Waals surface area contributed by atoms with Gasteiger partial charge in [0.1, 0.15) is 6.61 Å². The molecular formula is C19H20F3NO2. The standard InChI is InChI=1S/C19H20F3NO2/c1-13(2)15-5-9-17(10-6-15)23-18(24)12-25-11-14-3-7-16(8-4-14)19(20,21)22/h3-10,13H,11-12H2,1-2H3,(H,23,24). The third-order valence-corrected chi connectivity index (χ3v) is 3.64. The van der Waals surface area contributed by atoms with E-state index in [2.05, 4.69) is 19.2 Å². The largest absolute Gasteiger partial charge is 0.416 e. The van der Waals surface area contributed by atoms with E-state index in [1.807, 2.05) is 24.3 Å². The van der Waals surface area contributed by atoms with Crippen LogP contribution in [0, 0.1) is 0 Å². The van der Waals surface area contributed by atoms with Crippen LogP contribution < -0.4 is 5.32 Å². The molecule has 0 unspecified atom stereocenters. The van der Waals surface area contributed by atoms with E-state index in [9.17, 15) is 18.0 Å². The third-order valence-electron chi connectivity index (χ3n) is 3.64. The summed E-state index contributed by atoms with van der Waals surface area (Å²) in [6, 6.07) is 12.2. The Morgan fingerprint density at radius 3 is 2.16 bits per heavy atom. The molecule has 0 spiro atoms. The van der Waals surface area contributed by atoms with Gasteiger partial charge in [-0.1, -0.05) is 38.1 Å². The van der Waals surface area contributed by atoms with Gasteiger partial charge in [0.25, 0.3) is 0 Å². The molecule has 2 aromatic rings. The summed E-state index contributed by atoms with van der Waals surface area (Å²) in [5.74, 6) is 0.0982. The number of halogens is 3. The summed E-state index contributed by atoms with van der Waals surface area (Å²) < 4.78 is 42.7. The zero-order chi connectivity index (χ0) is 18.4. The Hall–Kier alpha value is -2.34. The van der Waals surface area contributed by atoms with Crippen molar-refractivity contribution in [2.75, 3.05) is 11.9 Å². The molecular weight excluding hydrogens is 331 g/mol. The molecule has 2 aromatic carbocycles. The number of carbonyl (C=O) groups excluding carboxylic acids is 1. The molecule has 0 bridgehead atoms. The minimum absolute atomic E-state index is 0.0673. The zero-order valence-electron chi connectivity index (χ0n) is 14.1. The van der Waals surface area contributed by atoms with Crippen LogP contribution in [0.1, 0.15) is 36.5 Å². The molecule has 2 rings (SSSR count). The first-order valence-electron chi connectivity index (χ1n) is 7.89. The topological polar surface area (TPSA) is 38.3 Å². The number of anilines is 1. The molecule has 0 fully saturated rings. The van der Waals surface area contributed by atoms with E-state index in [1.165, 1.54) is 17.7 Å². The monoisotopic (exact) mass is 351 g/mol. The van der Waals surface area contributed by atoms with E-state index in [1.54, 1.807) is 0 Å². The van der Waals surface area contributed by atoms with Gasteiger partial charge in [-0.05, 0) is 41.3 Å². The Bertz CT molecular complexity index is 692. The predicted octanol–water partition coefficient (Wildman–Crippen LogP) is 4.98. The van der Waals surface area contributed by atoms with E-state index in [-0.39, 0.29) is 19.1 Å². The van der Waals surface area contributed by atoms with E-state index in [0.717, 1.165) is 12.1 Å². The first-order valence-corrected chi connectivity index (χ1v) is 7.89. The molecule has 0 aliphatic heterocycles. The Labute approximate surface area is 144 Å².